The smallest absolute Gasteiger partial charge is 0.407 e. The van der Waals surface area contributed by atoms with E-state index in [0.717, 1.165) is 23.7 Å². The van der Waals surface area contributed by atoms with Gasteiger partial charge < -0.3 is 41.3 Å². The lowest BCUT2D eigenvalue weighted by atomic mass is 9.81. The Balaban J connectivity index is 1.13. The van der Waals surface area contributed by atoms with E-state index in [0.29, 0.717) is 69.3 Å². The van der Waals surface area contributed by atoms with Gasteiger partial charge in [-0.1, -0.05) is 30.3 Å². The van der Waals surface area contributed by atoms with Crippen molar-refractivity contribution < 1.29 is 56.2 Å². The number of piperidine rings is 1. The third-order valence-electron chi connectivity index (χ3n) is 12.2. The van der Waals surface area contributed by atoms with Gasteiger partial charge in [-0.15, -0.1) is 0 Å². The van der Waals surface area contributed by atoms with Gasteiger partial charge in [-0.25, -0.2) is 14.6 Å². The summed E-state index contributed by atoms with van der Waals surface area (Å²) in [5.41, 5.74) is 3.50. The minimum Gasteiger partial charge on any atom is -0.465 e. The SMILES string of the molecule is CNC(=O)C(F)(F)C(F)(F)c1n[nH]c(-c2ccc(NC(=O)[C@H](Cc3ccc(-c4ccc(C(=O)NC5CCN(C(=O)O)CC5)cc4C)cc3)NC(=O)[C@H]3CC[C@H](CNC(=O)OC(C)(C)C)CC3)cc2)n1. The molecule has 1 saturated heterocycles. The van der Waals surface area contributed by atoms with Crippen molar-refractivity contribution in [1.29, 1.82) is 0 Å². The molecule has 0 spiro atoms. The highest BCUT2D eigenvalue weighted by Gasteiger charge is 2.65. The Labute approximate surface area is 395 Å². The fraction of sp³-hybridized carbons (Fsp3) is 0.458. The van der Waals surface area contributed by atoms with Crippen molar-refractivity contribution >= 4 is 41.5 Å². The number of H-pyrrole nitrogens is 1. The molecule has 1 aromatic heterocycles. The number of amides is 6. The number of hydrogen-bond donors (Lipinski definition) is 7. The Hall–Kier alpha value is -7.06. The van der Waals surface area contributed by atoms with Gasteiger partial charge in [-0.3, -0.25) is 24.3 Å². The first kappa shape index (κ1) is 51.3. The number of alkyl carbamates (subject to hydrolysis) is 1. The fourth-order valence-corrected chi connectivity index (χ4v) is 8.25. The average molecular weight is 964 g/mol. The molecule has 1 atom stereocenters. The molecule has 17 nitrogen and oxygen atoms in total. The second kappa shape index (κ2) is 21.5. The lowest BCUT2D eigenvalue weighted by Crippen LogP contribution is -2.50. The molecule has 3 aromatic carbocycles. The summed E-state index contributed by atoms with van der Waals surface area (Å²) in [4.78, 5) is 80.7. The molecule has 4 aromatic rings. The van der Waals surface area contributed by atoms with Crippen LogP contribution in [0.3, 0.4) is 0 Å². The number of halogens is 4. The molecule has 1 aliphatic heterocycles. The molecule has 2 heterocycles. The zero-order valence-electron chi connectivity index (χ0n) is 38.9. The van der Waals surface area contributed by atoms with Crippen molar-refractivity contribution in [3.63, 3.8) is 0 Å². The summed E-state index contributed by atoms with van der Waals surface area (Å²) in [5.74, 6) is -15.7. The number of carbonyl (C=O) groups is 6. The van der Waals surface area contributed by atoms with Crippen LogP contribution in [0.2, 0.25) is 0 Å². The van der Waals surface area contributed by atoms with E-state index in [4.69, 9.17) is 4.74 Å². The van der Waals surface area contributed by atoms with Crippen LogP contribution in [0.4, 0.5) is 32.8 Å². The Morgan fingerprint density at radius 3 is 2.10 bits per heavy atom. The summed E-state index contributed by atoms with van der Waals surface area (Å²) < 4.78 is 63.0. The molecule has 69 heavy (non-hydrogen) atoms. The predicted octanol–water partition coefficient (Wildman–Crippen LogP) is 6.79. The second-order valence-corrected chi connectivity index (χ2v) is 18.4. The van der Waals surface area contributed by atoms with Crippen molar-refractivity contribution in [2.75, 3.05) is 32.0 Å². The lowest BCUT2D eigenvalue weighted by Gasteiger charge is -2.30. The summed E-state index contributed by atoms with van der Waals surface area (Å²) in [6, 6.07) is 17.2. The van der Waals surface area contributed by atoms with Crippen LogP contribution >= 0.6 is 0 Å². The average Bonchev–Trinajstić information content (AvgIpc) is 3.82. The molecule has 1 saturated carbocycles. The van der Waals surface area contributed by atoms with E-state index in [1.54, 1.807) is 32.9 Å². The van der Waals surface area contributed by atoms with Crippen LogP contribution in [0.25, 0.3) is 22.5 Å². The van der Waals surface area contributed by atoms with Crippen LogP contribution in [-0.4, -0.2) is 111 Å². The molecular weight excluding hydrogens is 907 g/mol. The predicted molar refractivity (Wildman–Crippen MR) is 245 cm³/mol. The largest absolute Gasteiger partial charge is 0.465 e. The first-order valence-electron chi connectivity index (χ1n) is 22.6. The van der Waals surface area contributed by atoms with Crippen LogP contribution in [0.1, 0.15) is 86.6 Å². The molecule has 7 N–H and O–H groups in total. The first-order valence-corrected chi connectivity index (χ1v) is 22.6. The topological polar surface area (TPSA) is 237 Å². The molecule has 2 fully saturated rings. The van der Waals surface area contributed by atoms with Crippen molar-refractivity contribution in [3.05, 3.63) is 89.2 Å². The van der Waals surface area contributed by atoms with Crippen LogP contribution in [0.15, 0.2) is 66.7 Å². The highest BCUT2D eigenvalue weighted by Crippen LogP contribution is 2.42. The summed E-state index contributed by atoms with van der Waals surface area (Å²) in [6.45, 7) is 8.31. The number of carbonyl (C=O) groups excluding carboxylic acids is 5. The number of anilines is 1. The van der Waals surface area contributed by atoms with Crippen LogP contribution in [0, 0.1) is 18.8 Å². The molecular formula is C48H57F4N9O8. The van der Waals surface area contributed by atoms with E-state index in [9.17, 15) is 51.4 Å². The number of nitrogens with zero attached hydrogens (tertiary/aromatic N) is 3. The molecule has 370 valence electrons. The van der Waals surface area contributed by atoms with Crippen molar-refractivity contribution in [2.24, 2.45) is 11.8 Å². The molecule has 1 aliphatic carbocycles. The molecule has 6 rings (SSSR count). The van der Waals surface area contributed by atoms with Gasteiger partial charge in [0, 0.05) is 61.9 Å². The fourth-order valence-electron chi connectivity index (χ4n) is 8.25. The van der Waals surface area contributed by atoms with E-state index in [1.165, 1.54) is 34.5 Å². The highest BCUT2D eigenvalue weighted by molar-refractivity contribution is 5.98. The maximum Gasteiger partial charge on any atom is 0.407 e. The second-order valence-electron chi connectivity index (χ2n) is 18.4. The van der Waals surface area contributed by atoms with Crippen LogP contribution in [-0.2, 0) is 31.5 Å². The number of aromatic amines is 1. The van der Waals surface area contributed by atoms with E-state index >= 15 is 0 Å². The van der Waals surface area contributed by atoms with Crippen molar-refractivity contribution in [3.8, 4) is 22.5 Å². The first-order chi connectivity index (χ1) is 32.5. The Kier molecular flexibility index (Phi) is 16.0. The third kappa shape index (κ3) is 12.9. The number of hydrogen-bond acceptors (Lipinski definition) is 9. The van der Waals surface area contributed by atoms with E-state index in [1.807, 2.05) is 37.3 Å². The lowest BCUT2D eigenvalue weighted by molar-refractivity contribution is -0.218. The highest BCUT2D eigenvalue weighted by atomic mass is 19.3. The number of alkyl halides is 4. The zero-order chi connectivity index (χ0) is 50.3. The van der Waals surface area contributed by atoms with Gasteiger partial charge >= 0.3 is 24.0 Å². The Morgan fingerprint density at radius 1 is 0.870 bits per heavy atom. The minimum atomic E-state index is -5.14. The molecule has 6 amide bonds. The summed E-state index contributed by atoms with van der Waals surface area (Å²) in [7, 11) is 0.792. The number of aromatic nitrogens is 3. The standard InChI is InChI=1S/C48H57F4N9O8/c1-27-24-33(40(63)55-35-20-22-61(23-21-35)45(67)68)16-19-36(27)30-10-6-28(7-11-30)25-37(57-39(62)32-12-8-29(9-13-32)26-54-44(66)69-46(2,3)4)41(64)56-34-17-14-31(15-18-34)38-58-42(60-59-38)47(49,50)48(51,52)43(65)53-5/h6-7,10-11,14-19,24,29,32,35,37H,8-9,12-13,20-23,25-26H2,1-5H3,(H,53,65)(H,54,66)(H,55,63)(H,56,64)(H,57,62)(H,67,68)(H,58,59,60)/t29-,32-,37-/m0/s1. The number of carboxylic acid groups (broad SMARTS) is 1. The van der Waals surface area contributed by atoms with Crippen LogP contribution in [0.5, 0.6) is 0 Å². The Morgan fingerprint density at radius 2 is 1.51 bits per heavy atom. The molecule has 0 radical (unpaired) electrons. The monoisotopic (exact) mass is 963 g/mol. The number of rotatable bonds is 15. The summed E-state index contributed by atoms with van der Waals surface area (Å²) in [5, 5.41) is 27.7. The number of benzene rings is 3. The van der Waals surface area contributed by atoms with Crippen molar-refractivity contribution in [2.45, 2.75) is 102 Å². The van der Waals surface area contributed by atoms with E-state index in [-0.39, 0.29) is 47.3 Å². The van der Waals surface area contributed by atoms with Gasteiger partial charge in [0.2, 0.25) is 17.6 Å². The molecule has 0 unspecified atom stereocenters. The van der Waals surface area contributed by atoms with Crippen molar-refractivity contribution in [1.82, 2.24) is 41.3 Å². The molecule has 2 aliphatic rings. The van der Waals surface area contributed by atoms with E-state index < -0.39 is 59.2 Å². The number of ether oxygens (including phenoxy) is 1. The normalized spacial score (nSPS) is 17.3. The van der Waals surface area contributed by atoms with Gasteiger partial charge in [0.1, 0.15) is 11.6 Å². The summed E-state index contributed by atoms with van der Waals surface area (Å²) >= 11 is 0. The number of nitrogens with one attached hydrogen (secondary N) is 6. The van der Waals surface area contributed by atoms with Gasteiger partial charge in [0.25, 0.3) is 11.8 Å². The van der Waals surface area contributed by atoms with Crippen LogP contribution < -0.4 is 26.6 Å². The van der Waals surface area contributed by atoms with E-state index in [2.05, 4.69) is 36.4 Å². The van der Waals surface area contributed by atoms with Gasteiger partial charge in [0.05, 0.1) is 0 Å². The maximum absolute atomic E-state index is 14.6. The van der Waals surface area contributed by atoms with Gasteiger partial charge in [-0.2, -0.15) is 22.7 Å². The van der Waals surface area contributed by atoms with Gasteiger partial charge in [-0.05, 0) is 131 Å². The minimum absolute atomic E-state index is 0.0876. The number of aryl methyl sites for hydroxylation is 1. The zero-order valence-corrected chi connectivity index (χ0v) is 38.9. The number of likely N-dealkylation sites (tertiary alicyclic amines) is 1. The third-order valence-corrected chi connectivity index (χ3v) is 12.2. The quantitative estimate of drug-likeness (QED) is 0.0616. The molecule has 21 heteroatoms. The Bertz CT molecular complexity index is 2500. The maximum atomic E-state index is 14.6. The summed E-state index contributed by atoms with van der Waals surface area (Å²) in [6.07, 6.45) is 2.03. The van der Waals surface area contributed by atoms with Gasteiger partial charge in [0.15, 0.2) is 5.82 Å². The molecule has 0 bridgehead atoms.